The van der Waals surface area contributed by atoms with E-state index in [1.807, 2.05) is 37.4 Å². The zero-order valence-corrected chi connectivity index (χ0v) is 13.9. The molecule has 0 aliphatic heterocycles. The Morgan fingerprint density at radius 1 is 1.29 bits per heavy atom. The molecule has 0 bridgehead atoms. The molecule has 2 aromatic heterocycles. The second kappa shape index (κ2) is 6.21. The van der Waals surface area contributed by atoms with Crippen molar-refractivity contribution in [1.29, 1.82) is 0 Å². The third-order valence-corrected chi connectivity index (χ3v) is 6.15. The van der Waals surface area contributed by atoms with Crippen LogP contribution in [0, 0.1) is 0 Å². The molecule has 1 aromatic carbocycles. The number of thioether (sulfide) groups is 2. The molecule has 0 spiro atoms. The lowest BCUT2D eigenvalue weighted by Gasteiger charge is -2.06. The summed E-state index contributed by atoms with van der Waals surface area (Å²) in [4.78, 5) is 15.8. The van der Waals surface area contributed by atoms with E-state index in [2.05, 4.69) is 15.2 Å². The average Bonchev–Trinajstić information content (AvgIpc) is 3.12. The second-order valence-electron chi connectivity index (χ2n) is 4.41. The van der Waals surface area contributed by atoms with E-state index in [0.29, 0.717) is 0 Å². The molecular weight excluding hydrogens is 322 g/mol. The summed E-state index contributed by atoms with van der Waals surface area (Å²) in [5.41, 5.74) is 1.72. The number of H-pyrrole nitrogens is 1. The highest BCUT2D eigenvalue weighted by atomic mass is 32.2. The smallest absolute Gasteiger partial charge is 0.178 e. The summed E-state index contributed by atoms with van der Waals surface area (Å²) in [7, 11) is 0. The Bertz CT molecular complexity index is 780. The number of aromatic amines is 1. The van der Waals surface area contributed by atoms with Crippen molar-refractivity contribution in [2.24, 2.45) is 0 Å². The molecular formula is C14H13N3OS3. The molecule has 1 atom stereocenters. The van der Waals surface area contributed by atoms with E-state index in [1.54, 1.807) is 18.0 Å². The highest BCUT2D eigenvalue weighted by molar-refractivity contribution is 8.03. The topological polar surface area (TPSA) is 58.6 Å². The molecule has 4 nitrogen and oxygen atoms in total. The maximum atomic E-state index is 12.6. The summed E-state index contributed by atoms with van der Waals surface area (Å²) >= 11 is 4.55. The van der Waals surface area contributed by atoms with Crippen molar-refractivity contribution in [3.8, 4) is 0 Å². The molecule has 21 heavy (non-hydrogen) atoms. The Morgan fingerprint density at radius 3 is 2.81 bits per heavy atom. The quantitative estimate of drug-likeness (QED) is 0.562. The number of hydrogen-bond acceptors (Lipinski definition) is 6. The molecule has 0 amide bonds. The minimum absolute atomic E-state index is 0.110. The number of Topliss-reactive ketones (excluding diaryl/α,β-unsaturated/α-hetero) is 1. The van der Waals surface area contributed by atoms with Crippen LogP contribution in [0.3, 0.4) is 0 Å². The van der Waals surface area contributed by atoms with Crippen molar-refractivity contribution in [1.82, 2.24) is 15.2 Å². The fraction of sp³-hybridized carbons (Fsp3) is 0.214. The summed E-state index contributed by atoms with van der Waals surface area (Å²) in [5.74, 6) is 0.110. The molecule has 0 unspecified atom stereocenters. The first-order chi connectivity index (χ1) is 10.2. The summed E-state index contributed by atoms with van der Waals surface area (Å²) in [6.45, 7) is 1.91. The van der Waals surface area contributed by atoms with E-state index in [0.717, 1.165) is 25.1 Å². The monoisotopic (exact) mass is 335 g/mol. The van der Waals surface area contributed by atoms with Crippen molar-refractivity contribution >= 4 is 51.5 Å². The molecule has 7 heteroatoms. The maximum absolute atomic E-state index is 12.6. The number of ketones is 1. The molecule has 3 aromatic rings. The van der Waals surface area contributed by atoms with Crippen LogP contribution in [0.4, 0.5) is 0 Å². The Hall–Kier alpha value is -1.31. The largest absolute Gasteiger partial charge is 0.360 e. The predicted octanol–water partition coefficient (Wildman–Crippen LogP) is 4.10. The number of nitrogens with one attached hydrogen (secondary N) is 1. The summed E-state index contributed by atoms with van der Waals surface area (Å²) in [6, 6.07) is 7.84. The number of hydrogen-bond donors (Lipinski definition) is 1. The van der Waals surface area contributed by atoms with Gasteiger partial charge in [-0.2, -0.15) is 0 Å². The molecule has 3 rings (SSSR count). The lowest BCUT2D eigenvalue weighted by Crippen LogP contribution is -2.12. The van der Waals surface area contributed by atoms with Gasteiger partial charge in [0.2, 0.25) is 0 Å². The normalized spacial score (nSPS) is 12.7. The van der Waals surface area contributed by atoms with Crippen LogP contribution in [0.15, 0.2) is 39.1 Å². The van der Waals surface area contributed by atoms with Gasteiger partial charge < -0.3 is 4.98 Å². The first-order valence-electron chi connectivity index (χ1n) is 6.33. The van der Waals surface area contributed by atoms with E-state index in [9.17, 15) is 4.79 Å². The second-order valence-corrected chi connectivity index (χ2v) is 8.03. The lowest BCUT2D eigenvalue weighted by atomic mass is 10.1. The van der Waals surface area contributed by atoms with Crippen LogP contribution in [0.25, 0.3) is 10.9 Å². The molecule has 108 valence electrons. The van der Waals surface area contributed by atoms with Gasteiger partial charge in [0.25, 0.3) is 0 Å². The highest BCUT2D eigenvalue weighted by Gasteiger charge is 2.21. The van der Waals surface area contributed by atoms with E-state index < -0.39 is 0 Å². The van der Waals surface area contributed by atoms with Crippen LogP contribution in [-0.2, 0) is 0 Å². The van der Waals surface area contributed by atoms with Gasteiger partial charge in [0, 0.05) is 22.7 Å². The van der Waals surface area contributed by atoms with Gasteiger partial charge in [0.05, 0.1) is 5.25 Å². The van der Waals surface area contributed by atoms with Gasteiger partial charge in [-0.15, -0.1) is 10.2 Å². The molecule has 2 heterocycles. The zero-order chi connectivity index (χ0) is 14.8. The standard InChI is InChI=1S/C14H13N3OS3/c1-8(20-14-17-16-13(19-2)21-14)12(18)10-7-15-11-6-4-3-5-9(10)11/h3-8,15H,1-2H3/t8-/m1/s1. The predicted molar refractivity (Wildman–Crippen MR) is 89.6 cm³/mol. The average molecular weight is 335 g/mol. The molecule has 0 aliphatic carbocycles. The third kappa shape index (κ3) is 3.00. The van der Waals surface area contributed by atoms with E-state index in [1.165, 1.54) is 23.1 Å². The van der Waals surface area contributed by atoms with Gasteiger partial charge in [-0.1, -0.05) is 53.1 Å². The van der Waals surface area contributed by atoms with Gasteiger partial charge >= 0.3 is 0 Å². The first kappa shape index (κ1) is 14.6. The van der Waals surface area contributed by atoms with E-state index in [4.69, 9.17) is 0 Å². The molecule has 1 N–H and O–H groups in total. The van der Waals surface area contributed by atoms with Crippen molar-refractivity contribution < 1.29 is 4.79 Å². The fourth-order valence-electron chi connectivity index (χ4n) is 2.03. The number of benzene rings is 1. The summed E-state index contributed by atoms with van der Waals surface area (Å²) < 4.78 is 1.75. The third-order valence-electron chi connectivity index (χ3n) is 3.06. The summed E-state index contributed by atoms with van der Waals surface area (Å²) in [5, 5.41) is 8.94. The molecule has 0 saturated heterocycles. The van der Waals surface area contributed by atoms with Gasteiger partial charge in [-0.05, 0) is 19.2 Å². The van der Waals surface area contributed by atoms with Gasteiger partial charge in [0.1, 0.15) is 0 Å². The zero-order valence-electron chi connectivity index (χ0n) is 11.5. The van der Waals surface area contributed by atoms with Crippen LogP contribution in [0.2, 0.25) is 0 Å². The molecule has 0 fully saturated rings. The molecule has 0 aliphatic rings. The molecule has 0 radical (unpaired) electrons. The number of nitrogens with zero attached hydrogens (tertiary/aromatic N) is 2. The minimum Gasteiger partial charge on any atom is -0.360 e. The summed E-state index contributed by atoms with van der Waals surface area (Å²) in [6.07, 6.45) is 3.76. The van der Waals surface area contributed by atoms with Crippen LogP contribution in [0.5, 0.6) is 0 Å². The SMILES string of the molecule is CSc1nnc(S[C@H](C)C(=O)c2c[nH]c3ccccc23)s1. The van der Waals surface area contributed by atoms with E-state index >= 15 is 0 Å². The van der Waals surface area contributed by atoms with Gasteiger partial charge in [0.15, 0.2) is 14.5 Å². The van der Waals surface area contributed by atoms with Crippen LogP contribution in [0.1, 0.15) is 17.3 Å². The number of aromatic nitrogens is 3. The van der Waals surface area contributed by atoms with Crippen LogP contribution >= 0.6 is 34.9 Å². The van der Waals surface area contributed by atoms with Crippen molar-refractivity contribution in [3.63, 3.8) is 0 Å². The molecule has 0 saturated carbocycles. The fourth-order valence-corrected chi connectivity index (χ4v) is 4.68. The Morgan fingerprint density at radius 2 is 2.05 bits per heavy atom. The number of carbonyl (C=O) groups is 1. The maximum Gasteiger partial charge on any atom is 0.178 e. The van der Waals surface area contributed by atoms with Crippen molar-refractivity contribution in [2.75, 3.05) is 6.26 Å². The number of rotatable bonds is 5. The highest BCUT2D eigenvalue weighted by Crippen LogP contribution is 2.32. The van der Waals surface area contributed by atoms with Crippen molar-refractivity contribution in [2.45, 2.75) is 20.9 Å². The van der Waals surface area contributed by atoms with Gasteiger partial charge in [-0.25, -0.2) is 0 Å². The van der Waals surface area contributed by atoms with Gasteiger partial charge in [-0.3, -0.25) is 4.79 Å². The van der Waals surface area contributed by atoms with Crippen LogP contribution < -0.4 is 0 Å². The Balaban J connectivity index is 1.81. The van der Waals surface area contributed by atoms with Crippen LogP contribution in [-0.4, -0.2) is 32.5 Å². The van der Waals surface area contributed by atoms with E-state index in [-0.39, 0.29) is 11.0 Å². The number of carbonyl (C=O) groups excluding carboxylic acids is 1. The minimum atomic E-state index is -0.188. The lowest BCUT2D eigenvalue weighted by molar-refractivity contribution is 0.0995. The number of para-hydroxylation sites is 1. The van der Waals surface area contributed by atoms with Crippen molar-refractivity contribution in [3.05, 3.63) is 36.0 Å². The first-order valence-corrected chi connectivity index (χ1v) is 9.25. The Labute approximate surface area is 134 Å². The number of fused-ring (bicyclic) bond motifs is 1. The Kier molecular flexibility index (Phi) is 4.32.